The first-order chi connectivity index (χ1) is 9.72. The summed E-state index contributed by atoms with van der Waals surface area (Å²) in [6, 6.07) is 7.47. The van der Waals surface area contributed by atoms with E-state index in [-0.39, 0.29) is 0 Å². The molecule has 0 spiro atoms. The first-order valence-corrected chi connectivity index (χ1v) is 6.20. The molecule has 0 N–H and O–H groups in total. The molecule has 0 fully saturated rings. The van der Waals surface area contributed by atoms with E-state index in [1.807, 2.05) is 24.3 Å². The highest BCUT2D eigenvalue weighted by Crippen LogP contribution is 2.36. The van der Waals surface area contributed by atoms with Crippen LogP contribution in [-0.4, -0.2) is 29.3 Å². The Morgan fingerprint density at radius 3 is 2.33 bits per heavy atom. The predicted molar refractivity (Wildman–Crippen MR) is 65.7 cm³/mol. The van der Waals surface area contributed by atoms with E-state index < -0.39 is 17.9 Å². The lowest BCUT2D eigenvalue weighted by Crippen LogP contribution is -2.43. The van der Waals surface area contributed by atoms with E-state index in [9.17, 15) is 26.7 Å². The molecule has 0 atom stereocenters. The van der Waals surface area contributed by atoms with Gasteiger partial charge >= 0.3 is 12.1 Å². The highest BCUT2D eigenvalue weighted by atomic mass is 19.4. The number of nitrogens with zero attached hydrogens (tertiary/aromatic N) is 1. The zero-order chi connectivity index (χ0) is 15.7. The second-order valence-corrected chi connectivity index (χ2v) is 4.74. The summed E-state index contributed by atoms with van der Waals surface area (Å²) in [5.41, 5.74) is 2.07. The normalized spacial score (nSPS) is 16.1. The molecule has 0 saturated carbocycles. The van der Waals surface area contributed by atoms with Crippen LogP contribution in [0.15, 0.2) is 36.5 Å². The van der Waals surface area contributed by atoms with Crippen LogP contribution in [0, 0.1) is 0 Å². The van der Waals surface area contributed by atoms with Gasteiger partial charge in [0, 0.05) is 25.4 Å². The molecule has 1 aliphatic heterocycles. The molecule has 2 rings (SSSR count). The van der Waals surface area contributed by atoms with Gasteiger partial charge in [-0.1, -0.05) is 24.3 Å². The van der Waals surface area contributed by atoms with Gasteiger partial charge in [0.2, 0.25) is 5.78 Å². The minimum atomic E-state index is -5.87. The van der Waals surface area contributed by atoms with E-state index >= 15 is 0 Å². The second kappa shape index (κ2) is 5.46. The van der Waals surface area contributed by atoms with E-state index in [0.717, 1.165) is 17.3 Å². The summed E-state index contributed by atoms with van der Waals surface area (Å²) in [6.45, 7) is 0.829. The van der Waals surface area contributed by atoms with Gasteiger partial charge < -0.3 is 4.90 Å². The Bertz CT molecular complexity index is 565. The van der Waals surface area contributed by atoms with Crippen LogP contribution in [0.5, 0.6) is 0 Å². The highest BCUT2D eigenvalue weighted by molar-refractivity contribution is 5.96. The Labute approximate surface area is 117 Å². The minimum Gasteiger partial charge on any atom is -0.373 e. The monoisotopic (exact) mass is 305 g/mol. The number of halogens is 5. The quantitative estimate of drug-likeness (QED) is 0.631. The fraction of sp³-hybridized carbons (Fsp3) is 0.357. The van der Waals surface area contributed by atoms with E-state index in [2.05, 4.69) is 0 Å². The van der Waals surface area contributed by atoms with Crippen LogP contribution in [0.3, 0.4) is 0 Å². The maximum atomic E-state index is 12.8. The molecule has 0 aliphatic carbocycles. The van der Waals surface area contributed by atoms with Gasteiger partial charge in [0.05, 0.1) is 0 Å². The second-order valence-electron chi connectivity index (χ2n) is 4.74. The van der Waals surface area contributed by atoms with Gasteiger partial charge in [-0.25, -0.2) is 0 Å². The van der Waals surface area contributed by atoms with E-state index in [4.69, 9.17) is 0 Å². The van der Waals surface area contributed by atoms with Crippen molar-refractivity contribution in [2.45, 2.75) is 25.1 Å². The molecule has 1 aliphatic rings. The van der Waals surface area contributed by atoms with Crippen LogP contribution in [0.4, 0.5) is 22.0 Å². The van der Waals surface area contributed by atoms with E-state index in [1.54, 1.807) is 0 Å². The Morgan fingerprint density at radius 2 is 1.71 bits per heavy atom. The number of carbonyl (C=O) groups excluding carboxylic acids is 1. The van der Waals surface area contributed by atoms with Crippen LogP contribution in [0.2, 0.25) is 0 Å². The number of ketones is 1. The average Bonchev–Trinajstić information content (AvgIpc) is 2.43. The van der Waals surface area contributed by atoms with Gasteiger partial charge in [-0.05, 0) is 17.5 Å². The zero-order valence-electron chi connectivity index (χ0n) is 10.8. The SMILES string of the molecule is O=C(C=CN1CCc2ccccc2C1)C(F)(F)C(F)(F)F. The number of fused-ring (bicyclic) bond motifs is 1. The molecule has 0 amide bonds. The standard InChI is InChI=1S/C14H12F5NO/c15-13(16,14(17,18)19)12(21)6-8-20-7-5-10-3-1-2-4-11(10)9-20/h1-4,6,8H,5,7,9H2. The van der Waals surface area contributed by atoms with Crippen molar-refractivity contribution in [1.82, 2.24) is 4.90 Å². The lowest BCUT2D eigenvalue weighted by Gasteiger charge is -2.27. The van der Waals surface area contributed by atoms with Crippen molar-refractivity contribution >= 4 is 5.78 Å². The number of hydrogen-bond acceptors (Lipinski definition) is 2. The smallest absolute Gasteiger partial charge is 0.373 e. The first-order valence-electron chi connectivity index (χ1n) is 6.20. The Hall–Kier alpha value is -1.92. The Balaban J connectivity index is 2.05. The summed E-state index contributed by atoms with van der Waals surface area (Å²) < 4.78 is 61.6. The number of rotatable bonds is 3. The van der Waals surface area contributed by atoms with Gasteiger partial charge in [0.25, 0.3) is 0 Å². The first kappa shape index (κ1) is 15.5. The van der Waals surface area contributed by atoms with Gasteiger partial charge in [0.15, 0.2) is 0 Å². The molecule has 7 heteroatoms. The molecular weight excluding hydrogens is 293 g/mol. The van der Waals surface area contributed by atoms with Crippen molar-refractivity contribution in [2.75, 3.05) is 6.54 Å². The number of allylic oxidation sites excluding steroid dienone is 1. The number of alkyl halides is 5. The van der Waals surface area contributed by atoms with Crippen LogP contribution >= 0.6 is 0 Å². The number of benzene rings is 1. The summed E-state index contributed by atoms with van der Waals surface area (Å²) in [7, 11) is 0. The molecule has 0 aromatic heterocycles. The van der Waals surface area contributed by atoms with Gasteiger partial charge in [-0.15, -0.1) is 0 Å². The van der Waals surface area contributed by atoms with Crippen molar-refractivity contribution in [1.29, 1.82) is 0 Å². The van der Waals surface area contributed by atoms with Crippen LogP contribution < -0.4 is 0 Å². The summed E-state index contributed by atoms with van der Waals surface area (Å²) in [4.78, 5) is 12.6. The van der Waals surface area contributed by atoms with E-state index in [1.165, 1.54) is 4.90 Å². The molecule has 21 heavy (non-hydrogen) atoms. The molecule has 0 bridgehead atoms. The van der Waals surface area contributed by atoms with Crippen molar-refractivity contribution in [2.24, 2.45) is 0 Å². The van der Waals surface area contributed by atoms with Crippen LogP contribution in [-0.2, 0) is 17.8 Å². The number of carbonyl (C=O) groups is 1. The van der Waals surface area contributed by atoms with Crippen LogP contribution in [0.1, 0.15) is 11.1 Å². The van der Waals surface area contributed by atoms with Gasteiger partial charge in [-0.2, -0.15) is 22.0 Å². The molecule has 114 valence electrons. The van der Waals surface area contributed by atoms with E-state index in [0.29, 0.717) is 25.6 Å². The fourth-order valence-electron chi connectivity index (χ4n) is 2.06. The van der Waals surface area contributed by atoms with Crippen molar-refractivity contribution < 1.29 is 26.7 Å². The third-order valence-electron chi connectivity index (χ3n) is 3.26. The highest BCUT2D eigenvalue weighted by Gasteiger charge is 2.62. The zero-order valence-corrected chi connectivity index (χ0v) is 10.8. The van der Waals surface area contributed by atoms with Gasteiger partial charge in [0.1, 0.15) is 0 Å². The maximum absolute atomic E-state index is 12.8. The third-order valence-corrected chi connectivity index (χ3v) is 3.26. The maximum Gasteiger partial charge on any atom is 0.461 e. The van der Waals surface area contributed by atoms with Gasteiger partial charge in [-0.3, -0.25) is 4.79 Å². The Kier molecular flexibility index (Phi) is 4.02. The molecule has 0 saturated heterocycles. The molecule has 0 radical (unpaired) electrons. The van der Waals surface area contributed by atoms with Crippen molar-refractivity contribution in [3.05, 3.63) is 47.7 Å². The Morgan fingerprint density at radius 1 is 1.10 bits per heavy atom. The third kappa shape index (κ3) is 3.22. The topological polar surface area (TPSA) is 20.3 Å². The summed E-state index contributed by atoms with van der Waals surface area (Å²) in [5.74, 6) is -7.61. The lowest BCUT2D eigenvalue weighted by atomic mass is 10.0. The fourth-order valence-corrected chi connectivity index (χ4v) is 2.06. The largest absolute Gasteiger partial charge is 0.461 e. The van der Waals surface area contributed by atoms with Crippen LogP contribution in [0.25, 0.3) is 0 Å². The molecule has 1 aromatic rings. The number of hydrogen-bond donors (Lipinski definition) is 0. The predicted octanol–water partition coefficient (Wildman–Crippen LogP) is 3.33. The molecule has 1 heterocycles. The summed E-state index contributed by atoms with van der Waals surface area (Å²) in [6.07, 6.45) is -3.94. The minimum absolute atomic E-state index is 0.293. The average molecular weight is 305 g/mol. The molecular formula is C14H12F5NO. The molecule has 2 nitrogen and oxygen atoms in total. The van der Waals surface area contributed by atoms with Crippen molar-refractivity contribution in [3.8, 4) is 0 Å². The molecule has 0 unspecified atom stereocenters. The summed E-state index contributed by atoms with van der Waals surface area (Å²) >= 11 is 0. The summed E-state index contributed by atoms with van der Waals surface area (Å²) in [5, 5.41) is 0. The lowest BCUT2D eigenvalue weighted by molar-refractivity contribution is -0.266. The van der Waals surface area contributed by atoms with Crippen molar-refractivity contribution in [3.63, 3.8) is 0 Å². The molecule has 1 aromatic carbocycles.